The molecule has 0 aliphatic heterocycles. The highest BCUT2D eigenvalue weighted by Gasteiger charge is 2.26. The quantitative estimate of drug-likeness (QED) is 0.772. The van der Waals surface area contributed by atoms with Gasteiger partial charge in [0.1, 0.15) is 11.6 Å². The lowest BCUT2D eigenvalue weighted by Crippen LogP contribution is -2.26. The van der Waals surface area contributed by atoms with E-state index in [2.05, 4.69) is 0 Å². The molecule has 0 bridgehead atoms. The van der Waals surface area contributed by atoms with Gasteiger partial charge in [-0.25, -0.2) is 0 Å². The molecule has 142 valence electrons. The molecule has 0 saturated heterocycles. The number of hydrogen-bond donors (Lipinski definition) is 1. The van der Waals surface area contributed by atoms with E-state index in [-0.39, 0.29) is 40.3 Å². The highest BCUT2D eigenvalue weighted by atomic mass is 16.5. The number of methoxy groups -OCH3 is 3. The van der Waals surface area contributed by atoms with Crippen LogP contribution in [0, 0.1) is 18.3 Å². The topological polar surface area (TPSA) is 111 Å². The van der Waals surface area contributed by atoms with Crippen LogP contribution in [0.3, 0.4) is 0 Å². The molecule has 0 radical (unpaired) electrons. The van der Waals surface area contributed by atoms with Gasteiger partial charge in [-0.2, -0.15) is 5.26 Å². The van der Waals surface area contributed by atoms with Crippen LogP contribution in [0.15, 0.2) is 16.9 Å². The number of ether oxygens (including phenoxy) is 3. The van der Waals surface area contributed by atoms with Crippen molar-refractivity contribution in [2.24, 2.45) is 0 Å². The van der Waals surface area contributed by atoms with E-state index in [4.69, 9.17) is 14.2 Å². The molecule has 0 aliphatic rings. The Hall–Kier alpha value is -3.47. The zero-order valence-electron chi connectivity index (χ0n) is 15.7. The van der Waals surface area contributed by atoms with Crippen LogP contribution in [0.5, 0.6) is 23.1 Å². The minimum atomic E-state index is -0.642. The highest BCUT2D eigenvalue weighted by Crippen LogP contribution is 2.39. The normalized spacial score (nSPS) is 10.2. The fourth-order valence-corrected chi connectivity index (χ4v) is 2.87. The van der Waals surface area contributed by atoms with Crippen LogP contribution in [-0.2, 0) is 6.54 Å². The van der Waals surface area contributed by atoms with Gasteiger partial charge in [0.05, 0.1) is 26.9 Å². The molecule has 1 N–H and O–H groups in total. The van der Waals surface area contributed by atoms with Crippen molar-refractivity contribution >= 4 is 5.78 Å². The van der Waals surface area contributed by atoms with Crippen LogP contribution in [0.2, 0.25) is 0 Å². The Morgan fingerprint density at radius 3 is 2.15 bits per heavy atom. The van der Waals surface area contributed by atoms with Gasteiger partial charge in [0, 0.05) is 12.1 Å². The maximum Gasteiger partial charge on any atom is 0.271 e. The van der Waals surface area contributed by atoms with Crippen LogP contribution in [0.25, 0.3) is 0 Å². The standard InChI is InChI=1S/C19H20N2O6/c1-6-21-18(23)12(9-20)10(2)15(19(21)24)16(22)11-7-13(25-3)17(27-5)14(8-11)26-4/h7-8,24H,6H2,1-5H3. The van der Waals surface area contributed by atoms with Crippen molar-refractivity contribution in [2.75, 3.05) is 21.3 Å². The lowest BCUT2D eigenvalue weighted by atomic mass is 9.96. The summed E-state index contributed by atoms with van der Waals surface area (Å²) in [5, 5.41) is 19.8. The lowest BCUT2D eigenvalue weighted by molar-refractivity contribution is 0.103. The maximum absolute atomic E-state index is 13.1. The van der Waals surface area contributed by atoms with Crippen molar-refractivity contribution in [1.29, 1.82) is 5.26 Å². The maximum atomic E-state index is 13.1. The van der Waals surface area contributed by atoms with Crippen LogP contribution in [-0.4, -0.2) is 36.8 Å². The summed E-state index contributed by atoms with van der Waals surface area (Å²) in [5.74, 6) is -0.224. The minimum Gasteiger partial charge on any atom is -0.494 e. The second kappa shape index (κ2) is 7.83. The number of nitriles is 1. The van der Waals surface area contributed by atoms with E-state index >= 15 is 0 Å². The van der Waals surface area contributed by atoms with Gasteiger partial charge in [-0.1, -0.05) is 0 Å². The van der Waals surface area contributed by atoms with Crippen molar-refractivity contribution in [2.45, 2.75) is 20.4 Å². The van der Waals surface area contributed by atoms with Gasteiger partial charge in [-0.05, 0) is 31.5 Å². The number of ketones is 1. The molecule has 2 aromatic rings. The predicted octanol–water partition coefficient (Wildman–Crippen LogP) is 2.01. The number of pyridine rings is 1. The Kier molecular flexibility index (Phi) is 5.75. The summed E-state index contributed by atoms with van der Waals surface area (Å²) in [6.07, 6.45) is 0. The summed E-state index contributed by atoms with van der Waals surface area (Å²) in [4.78, 5) is 25.4. The van der Waals surface area contributed by atoms with Crippen molar-refractivity contribution in [3.05, 3.63) is 44.7 Å². The molecule has 0 amide bonds. The molecule has 0 saturated carbocycles. The van der Waals surface area contributed by atoms with Crippen LogP contribution < -0.4 is 19.8 Å². The molecule has 1 aromatic heterocycles. The van der Waals surface area contributed by atoms with E-state index in [1.54, 1.807) is 6.92 Å². The van der Waals surface area contributed by atoms with E-state index in [1.165, 1.54) is 40.4 Å². The molecule has 1 aromatic carbocycles. The van der Waals surface area contributed by atoms with Crippen LogP contribution in [0.4, 0.5) is 0 Å². The Morgan fingerprint density at radius 1 is 1.19 bits per heavy atom. The Balaban J connectivity index is 2.80. The van der Waals surface area contributed by atoms with E-state index < -0.39 is 17.2 Å². The lowest BCUT2D eigenvalue weighted by Gasteiger charge is -2.16. The van der Waals surface area contributed by atoms with Crippen molar-refractivity contribution in [1.82, 2.24) is 4.57 Å². The first-order valence-corrected chi connectivity index (χ1v) is 8.07. The number of aromatic nitrogens is 1. The second-order valence-corrected chi connectivity index (χ2v) is 5.60. The van der Waals surface area contributed by atoms with Crippen LogP contribution in [0.1, 0.15) is 34.0 Å². The van der Waals surface area contributed by atoms with Crippen LogP contribution >= 0.6 is 0 Å². The molecule has 2 rings (SSSR count). The summed E-state index contributed by atoms with van der Waals surface area (Å²) >= 11 is 0. The molecule has 0 unspecified atom stereocenters. The molecular weight excluding hydrogens is 352 g/mol. The molecule has 27 heavy (non-hydrogen) atoms. The second-order valence-electron chi connectivity index (χ2n) is 5.60. The smallest absolute Gasteiger partial charge is 0.271 e. The summed E-state index contributed by atoms with van der Waals surface area (Å²) in [6, 6.07) is 4.69. The Morgan fingerprint density at radius 2 is 1.74 bits per heavy atom. The SMILES string of the molecule is CCn1c(O)c(C(=O)c2cc(OC)c(OC)c(OC)c2)c(C)c(C#N)c1=O. The fourth-order valence-electron chi connectivity index (χ4n) is 2.87. The zero-order valence-corrected chi connectivity index (χ0v) is 15.7. The third kappa shape index (κ3) is 3.19. The zero-order chi connectivity index (χ0) is 20.3. The first kappa shape index (κ1) is 19.8. The fraction of sp³-hybridized carbons (Fsp3) is 0.316. The molecule has 1 heterocycles. The van der Waals surface area contributed by atoms with Crippen molar-refractivity contribution in [3.63, 3.8) is 0 Å². The summed E-state index contributed by atoms with van der Waals surface area (Å²) in [5.41, 5.74) is -0.694. The molecule has 8 nitrogen and oxygen atoms in total. The predicted molar refractivity (Wildman–Crippen MR) is 97.0 cm³/mol. The average Bonchev–Trinajstić information content (AvgIpc) is 2.67. The number of hydrogen-bond acceptors (Lipinski definition) is 7. The number of nitrogens with zero attached hydrogens (tertiary/aromatic N) is 2. The number of carbonyl (C=O) groups is 1. The number of aromatic hydroxyl groups is 1. The van der Waals surface area contributed by atoms with Gasteiger partial charge in [0.15, 0.2) is 17.3 Å². The van der Waals surface area contributed by atoms with E-state index in [0.717, 1.165) is 4.57 Å². The molecule has 0 fully saturated rings. The molecule has 0 spiro atoms. The van der Waals surface area contributed by atoms with Gasteiger partial charge in [-0.15, -0.1) is 0 Å². The van der Waals surface area contributed by atoms with E-state index in [9.17, 15) is 20.0 Å². The third-order valence-electron chi connectivity index (χ3n) is 4.27. The van der Waals surface area contributed by atoms with E-state index in [1.807, 2.05) is 6.07 Å². The summed E-state index contributed by atoms with van der Waals surface area (Å²) in [6.45, 7) is 3.19. The highest BCUT2D eigenvalue weighted by molar-refractivity contribution is 6.12. The Labute approximate surface area is 156 Å². The van der Waals surface area contributed by atoms with E-state index in [0.29, 0.717) is 5.75 Å². The molecule has 0 aliphatic carbocycles. The minimum absolute atomic E-state index is 0.106. The first-order valence-electron chi connectivity index (χ1n) is 8.07. The van der Waals surface area contributed by atoms with Gasteiger partial charge < -0.3 is 19.3 Å². The molecule has 8 heteroatoms. The Bertz CT molecular complexity index is 976. The average molecular weight is 372 g/mol. The number of benzene rings is 1. The van der Waals surface area contributed by atoms with Crippen molar-refractivity contribution in [3.8, 4) is 29.2 Å². The van der Waals surface area contributed by atoms with Gasteiger partial charge >= 0.3 is 0 Å². The first-order chi connectivity index (χ1) is 12.9. The van der Waals surface area contributed by atoms with Gasteiger partial charge in [0.2, 0.25) is 11.6 Å². The summed E-state index contributed by atoms with van der Waals surface area (Å²) < 4.78 is 16.7. The van der Waals surface area contributed by atoms with Gasteiger partial charge in [0.25, 0.3) is 5.56 Å². The number of carbonyl (C=O) groups excluding carboxylic acids is 1. The molecular formula is C19H20N2O6. The summed E-state index contributed by atoms with van der Waals surface area (Å²) in [7, 11) is 4.27. The van der Waals surface area contributed by atoms with Gasteiger partial charge in [-0.3, -0.25) is 14.2 Å². The monoisotopic (exact) mass is 372 g/mol. The third-order valence-corrected chi connectivity index (χ3v) is 4.27. The largest absolute Gasteiger partial charge is 0.494 e. The molecule has 0 atom stereocenters. The van der Waals surface area contributed by atoms with Crippen molar-refractivity contribution < 1.29 is 24.1 Å². The number of rotatable bonds is 6.